The predicted molar refractivity (Wildman–Crippen MR) is 106 cm³/mol. The van der Waals surface area contributed by atoms with Gasteiger partial charge in [-0.25, -0.2) is 4.79 Å². The topological polar surface area (TPSA) is 26.3 Å². The molecule has 0 spiro atoms. The number of hydrogen-bond donors (Lipinski definition) is 0. The van der Waals surface area contributed by atoms with Crippen LogP contribution in [0.15, 0.2) is 72.8 Å². The average molecular weight is 342 g/mol. The van der Waals surface area contributed by atoms with E-state index in [1.807, 2.05) is 24.3 Å². The van der Waals surface area contributed by atoms with Crippen LogP contribution in [-0.4, -0.2) is 5.97 Å². The van der Waals surface area contributed by atoms with Crippen LogP contribution >= 0.6 is 0 Å². The van der Waals surface area contributed by atoms with Crippen molar-refractivity contribution in [2.75, 3.05) is 0 Å². The zero-order valence-electron chi connectivity index (χ0n) is 15.4. The summed E-state index contributed by atoms with van der Waals surface area (Å²) in [6.45, 7) is 9.68. The van der Waals surface area contributed by atoms with Gasteiger partial charge in [0.1, 0.15) is 0 Å². The summed E-state index contributed by atoms with van der Waals surface area (Å²) in [5.74, 6) is -0.274. The van der Waals surface area contributed by atoms with Crippen molar-refractivity contribution in [1.82, 2.24) is 0 Å². The number of fused-ring (bicyclic) bond motifs is 4. The molecule has 0 bridgehead atoms. The zero-order valence-corrected chi connectivity index (χ0v) is 15.4. The molecule has 4 rings (SSSR count). The number of rotatable bonds is 3. The van der Waals surface area contributed by atoms with Crippen molar-refractivity contribution in [3.63, 3.8) is 0 Å². The third-order valence-corrected chi connectivity index (χ3v) is 5.32. The van der Waals surface area contributed by atoms with E-state index < -0.39 is 5.60 Å². The second-order valence-electron chi connectivity index (χ2n) is 7.35. The van der Waals surface area contributed by atoms with Gasteiger partial charge >= 0.3 is 5.97 Å². The minimum absolute atomic E-state index is 0.0781. The summed E-state index contributed by atoms with van der Waals surface area (Å²) in [5, 5.41) is 2.34. The number of esters is 1. The average Bonchev–Trinajstić information content (AvgIpc) is 2.90. The quantitative estimate of drug-likeness (QED) is 0.441. The Labute approximate surface area is 154 Å². The maximum Gasteiger partial charge on any atom is 0.334 e. The summed E-state index contributed by atoms with van der Waals surface area (Å²) in [7, 11) is 0. The summed E-state index contributed by atoms with van der Waals surface area (Å²) in [4.78, 5) is 12.6. The Balaban J connectivity index is 2.07. The lowest BCUT2D eigenvalue weighted by molar-refractivity contribution is -0.155. The van der Waals surface area contributed by atoms with Crippen LogP contribution in [-0.2, 0) is 15.1 Å². The van der Waals surface area contributed by atoms with E-state index in [2.05, 4.69) is 56.8 Å². The molecule has 0 amide bonds. The molecule has 0 N–H and O–H groups in total. The molecule has 1 aliphatic carbocycles. The molecular formula is C24H22O2. The van der Waals surface area contributed by atoms with E-state index in [1.54, 1.807) is 6.92 Å². The Morgan fingerprint density at radius 1 is 0.923 bits per heavy atom. The summed E-state index contributed by atoms with van der Waals surface area (Å²) in [6, 6.07) is 20.9. The van der Waals surface area contributed by atoms with Gasteiger partial charge < -0.3 is 4.74 Å². The molecule has 0 saturated heterocycles. The SMILES string of the molecule is C=C(C)C(=O)OC1(C(C)C)c2ccccc2-c2cc3ccccc3cc21. The van der Waals surface area contributed by atoms with Gasteiger partial charge in [0.05, 0.1) is 0 Å². The molecule has 1 unspecified atom stereocenters. The van der Waals surface area contributed by atoms with E-state index in [9.17, 15) is 4.79 Å². The highest BCUT2D eigenvalue weighted by atomic mass is 16.6. The van der Waals surface area contributed by atoms with Gasteiger partial charge in [-0.2, -0.15) is 0 Å². The van der Waals surface area contributed by atoms with E-state index in [0.717, 1.165) is 27.6 Å². The number of benzene rings is 3. The molecular weight excluding hydrogens is 320 g/mol. The second kappa shape index (κ2) is 5.84. The van der Waals surface area contributed by atoms with Gasteiger partial charge in [0.15, 0.2) is 5.60 Å². The van der Waals surface area contributed by atoms with Crippen LogP contribution in [0.1, 0.15) is 31.9 Å². The number of carbonyl (C=O) groups excluding carboxylic acids is 1. The molecule has 130 valence electrons. The largest absolute Gasteiger partial charge is 0.446 e. The maximum atomic E-state index is 12.6. The summed E-state index contributed by atoms with van der Waals surface area (Å²) in [6.07, 6.45) is 0. The summed E-state index contributed by atoms with van der Waals surface area (Å²) >= 11 is 0. The fraction of sp³-hybridized carbons (Fsp3) is 0.208. The molecule has 0 radical (unpaired) electrons. The lowest BCUT2D eigenvalue weighted by Gasteiger charge is -2.35. The van der Waals surface area contributed by atoms with E-state index in [0.29, 0.717) is 5.57 Å². The molecule has 0 aromatic heterocycles. The Morgan fingerprint density at radius 2 is 1.54 bits per heavy atom. The summed E-state index contributed by atoms with van der Waals surface area (Å²) in [5.41, 5.74) is 4.00. The van der Waals surface area contributed by atoms with Crippen molar-refractivity contribution in [2.24, 2.45) is 5.92 Å². The second-order valence-corrected chi connectivity index (χ2v) is 7.35. The fourth-order valence-corrected chi connectivity index (χ4v) is 4.04. The first kappa shape index (κ1) is 16.6. The van der Waals surface area contributed by atoms with E-state index in [1.165, 1.54) is 5.39 Å². The minimum Gasteiger partial charge on any atom is -0.446 e. The molecule has 3 aromatic carbocycles. The monoisotopic (exact) mass is 342 g/mol. The third kappa shape index (κ3) is 2.22. The van der Waals surface area contributed by atoms with Crippen molar-refractivity contribution in [2.45, 2.75) is 26.4 Å². The molecule has 0 aliphatic heterocycles. The lowest BCUT2D eigenvalue weighted by atomic mass is 9.80. The maximum absolute atomic E-state index is 12.6. The molecule has 2 heteroatoms. The van der Waals surface area contributed by atoms with Gasteiger partial charge in [-0.15, -0.1) is 0 Å². The van der Waals surface area contributed by atoms with Gasteiger partial charge in [-0.3, -0.25) is 0 Å². The van der Waals surface area contributed by atoms with Crippen molar-refractivity contribution in [3.05, 3.63) is 83.9 Å². The van der Waals surface area contributed by atoms with E-state index in [4.69, 9.17) is 4.74 Å². The molecule has 0 fully saturated rings. The normalized spacial score (nSPS) is 17.8. The number of hydrogen-bond acceptors (Lipinski definition) is 2. The fourth-order valence-electron chi connectivity index (χ4n) is 4.04. The predicted octanol–water partition coefficient (Wildman–Crippen LogP) is 5.84. The zero-order chi connectivity index (χ0) is 18.5. The van der Waals surface area contributed by atoms with Crippen LogP contribution in [0.5, 0.6) is 0 Å². The van der Waals surface area contributed by atoms with Crippen molar-refractivity contribution in [3.8, 4) is 11.1 Å². The Morgan fingerprint density at radius 3 is 2.19 bits per heavy atom. The van der Waals surface area contributed by atoms with Gasteiger partial charge in [0, 0.05) is 22.6 Å². The Hall–Kier alpha value is -2.87. The highest BCUT2D eigenvalue weighted by Crippen LogP contribution is 2.54. The first-order valence-electron chi connectivity index (χ1n) is 8.97. The molecule has 3 aromatic rings. The van der Waals surface area contributed by atoms with Crippen LogP contribution in [0, 0.1) is 5.92 Å². The molecule has 1 aliphatic rings. The summed E-state index contributed by atoms with van der Waals surface area (Å²) < 4.78 is 6.19. The lowest BCUT2D eigenvalue weighted by Crippen LogP contribution is -2.37. The van der Waals surface area contributed by atoms with Crippen LogP contribution < -0.4 is 0 Å². The van der Waals surface area contributed by atoms with Crippen LogP contribution in [0.25, 0.3) is 21.9 Å². The minimum atomic E-state index is -0.800. The molecule has 0 saturated carbocycles. The first-order valence-corrected chi connectivity index (χ1v) is 8.97. The van der Waals surface area contributed by atoms with Gasteiger partial charge in [-0.05, 0) is 41.0 Å². The third-order valence-electron chi connectivity index (χ3n) is 5.32. The molecule has 0 heterocycles. The standard InChI is InChI=1S/C24H22O2/c1-15(2)23(25)26-24(16(3)4)21-12-8-7-11-19(21)20-13-17-9-5-6-10-18(17)14-22(20)24/h5-14,16H,1H2,2-4H3. The van der Waals surface area contributed by atoms with Crippen LogP contribution in [0.4, 0.5) is 0 Å². The first-order chi connectivity index (χ1) is 12.4. The number of carbonyl (C=O) groups is 1. The molecule has 2 nitrogen and oxygen atoms in total. The van der Waals surface area contributed by atoms with Crippen molar-refractivity contribution >= 4 is 16.7 Å². The van der Waals surface area contributed by atoms with E-state index >= 15 is 0 Å². The Kier molecular flexibility index (Phi) is 3.73. The molecule has 1 atom stereocenters. The van der Waals surface area contributed by atoms with Crippen molar-refractivity contribution in [1.29, 1.82) is 0 Å². The van der Waals surface area contributed by atoms with E-state index in [-0.39, 0.29) is 11.9 Å². The highest BCUT2D eigenvalue weighted by Gasteiger charge is 2.49. The van der Waals surface area contributed by atoms with Gasteiger partial charge in [-0.1, -0.05) is 69.0 Å². The van der Waals surface area contributed by atoms with Gasteiger partial charge in [0.2, 0.25) is 0 Å². The smallest absolute Gasteiger partial charge is 0.334 e. The van der Waals surface area contributed by atoms with Crippen LogP contribution in [0.2, 0.25) is 0 Å². The highest BCUT2D eigenvalue weighted by molar-refractivity contribution is 5.95. The van der Waals surface area contributed by atoms with Crippen LogP contribution in [0.3, 0.4) is 0 Å². The van der Waals surface area contributed by atoms with Crippen molar-refractivity contribution < 1.29 is 9.53 Å². The Bertz CT molecular complexity index is 1050. The molecule has 26 heavy (non-hydrogen) atoms. The number of ether oxygens (including phenoxy) is 1. The van der Waals surface area contributed by atoms with Gasteiger partial charge in [0.25, 0.3) is 0 Å².